The molecule has 1 aromatic rings. The van der Waals surface area contributed by atoms with Gasteiger partial charge in [-0.2, -0.15) is 0 Å². The Morgan fingerprint density at radius 3 is 2.52 bits per heavy atom. The van der Waals surface area contributed by atoms with Crippen LogP contribution in [-0.4, -0.2) is 17.4 Å². The lowest BCUT2D eigenvalue weighted by Crippen LogP contribution is -2.37. The molecule has 1 aromatic carbocycles. The highest BCUT2D eigenvalue weighted by atomic mass is 16.6. The predicted octanol–water partition coefficient (Wildman–Crippen LogP) is 2.29. The van der Waals surface area contributed by atoms with Gasteiger partial charge in [-0.15, -0.1) is 0 Å². The number of nitrogen functional groups attached to an aromatic ring is 1. The number of nitro benzene ring substituents is 1. The molecule has 0 saturated heterocycles. The van der Waals surface area contributed by atoms with Crippen LogP contribution in [0.3, 0.4) is 0 Å². The van der Waals surface area contributed by atoms with Crippen LogP contribution in [0.2, 0.25) is 0 Å². The molecule has 0 unspecified atom stereocenters. The first-order valence-electron chi connectivity index (χ1n) is 6.73. The van der Waals surface area contributed by atoms with E-state index in [4.69, 9.17) is 5.84 Å². The Bertz CT molecular complexity index is 541. The number of nitro groups is 1. The van der Waals surface area contributed by atoms with Gasteiger partial charge in [0, 0.05) is 6.54 Å². The summed E-state index contributed by atoms with van der Waals surface area (Å²) in [5.41, 5.74) is 1.92. The van der Waals surface area contributed by atoms with E-state index in [2.05, 4.69) is 24.6 Å². The maximum atomic E-state index is 12.2. The van der Waals surface area contributed by atoms with Gasteiger partial charge in [0.2, 0.25) is 0 Å². The fourth-order valence-electron chi connectivity index (χ4n) is 1.65. The first-order valence-corrected chi connectivity index (χ1v) is 6.73. The number of carbonyl (C=O) groups is 1. The van der Waals surface area contributed by atoms with Gasteiger partial charge >= 0.3 is 5.69 Å². The molecule has 7 nitrogen and oxygen atoms in total. The van der Waals surface area contributed by atoms with E-state index in [-0.39, 0.29) is 22.4 Å². The molecule has 0 heterocycles. The maximum absolute atomic E-state index is 12.2. The fourth-order valence-corrected chi connectivity index (χ4v) is 1.65. The van der Waals surface area contributed by atoms with Gasteiger partial charge in [-0.05, 0) is 23.5 Å². The van der Waals surface area contributed by atoms with E-state index in [9.17, 15) is 14.9 Å². The molecule has 0 bridgehead atoms. The molecule has 0 saturated carbocycles. The number of carbonyl (C=O) groups excluding carboxylic acids is 1. The highest BCUT2D eigenvalue weighted by molar-refractivity contribution is 6.00. The highest BCUT2D eigenvalue weighted by Crippen LogP contribution is 2.29. The second kappa shape index (κ2) is 6.53. The van der Waals surface area contributed by atoms with Crippen molar-refractivity contribution in [2.24, 2.45) is 17.2 Å². The minimum absolute atomic E-state index is 0.00462. The summed E-state index contributed by atoms with van der Waals surface area (Å²) in [4.78, 5) is 22.8. The molecule has 0 radical (unpaired) electrons. The molecule has 0 aliphatic carbocycles. The van der Waals surface area contributed by atoms with Crippen molar-refractivity contribution in [1.82, 2.24) is 5.32 Å². The lowest BCUT2D eigenvalue weighted by atomic mass is 9.81. The molecular weight excluding hydrogens is 272 g/mol. The first-order chi connectivity index (χ1) is 9.70. The van der Waals surface area contributed by atoms with Crippen LogP contribution in [0, 0.1) is 21.4 Å². The lowest BCUT2D eigenvalue weighted by molar-refractivity contribution is -0.384. The molecule has 1 amide bonds. The minimum atomic E-state index is -0.613. The summed E-state index contributed by atoms with van der Waals surface area (Å²) in [5.74, 6) is 5.14. The number of para-hydroxylation sites is 1. The Hall–Kier alpha value is -2.15. The van der Waals surface area contributed by atoms with Crippen LogP contribution in [0.5, 0.6) is 0 Å². The normalized spacial score (nSPS) is 11.3. The second-order valence-electron chi connectivity index (χ2n) is 5.93. The summed E-state index contributed by atoms with van der Waals surface area (Å²) in [6.07, 6.45) is 0. The number of nitrogens with zero attached hydrogens (tertiary/aromatic N) is 1. The SMILES string of the molecule is CC(C)C(C)(C)CNC(=O)c1cccc(NN)c1[N+](=O)[O-]. The van der Waals surface area contributed by atoms with Crippen LogP contribution in [0.1, 0.15) is 38.1 Å². The van der Waals surface area contributed by atoms with Crippen molar-refractivity contribution in [3.8, 4) is 0 Å². The van der Waals surface area contributed by atoms with Crippen molar-refractivity contribution in [1.29, 1.82) is 0 Å². The number of hydrogen-bond acceptors (Lipinski definition) is 5. The molecule has 0 aliphatic heterocycles. The number of hydrogen-bond donors (Lipinski definition) is 3. The number of benzene rings is 1. The summed E-state index contributed by atoms with van der Waals surface area (Å²) >= 11 is 0. The van der Waals surface area contributed by atoms with Crippen LogP contribution >= 0.6 is 0 Å². The summed E-state index contributed by atoms with van der Waals surface area (Å²) < 4.78 is 0. The summed E-state index contributed by atoms with van der Waals surface area (Å²) in [6.45, 7) is 8.62. The number of amides is 1. The number of anilines is 1. The van der Waals surface area contributed by atoms with Crippen molar-refractivity contribution in [2.75, 3.05) is 12.0 Å². The molecule has 21 heavy (non-hydrogen) atoms. The smallest absolute Gasteiger partial charge is 0.306 e. The molecule has 1 rings (SSSR count). The zero-order valence-electron chi connectivity index (χ0n) is 12.8. The predicted molar refractivity (Wildman–Crippen MR) is 81.9 cm³/mol. The Labute approximate surface area is 124 Å². The Morgan fingerprint density at radius 2 is 2.05 bits per heavy atom. The third kappa shape index (κ3) is 3.91. The van der Waals surface area contributed by atoms with Gasteiger partial charge in [0.25, 0.3) is 5.91 Å². The van der Waals surface area contributed by atoms with Gasteiger partial charge in [-0.25, -0.2) is 0 Å². The van der Waals surface area contributed by atoms with E-state index in [0.29, 0.717) is 12.5 Å². The van der Waals surface area contributed by atoms with E-state index in [1.807, 2.05) is 13.8 Å². The number of nitrogens with one attached hydrogen (secondary N) is 2. The van der Waals surface area contributed by atoms with Crippen LogP contribution in [-0.2, 0) is 0 Å². The summed E-state index contributed by atoms with van der Waals surface area (Å²) in [5, 5.41) is 13.9. The fraction of sp³-hybridized carbons (Fsp3) is 0.500. The van der Waals surface area contributed by atoms with Gasteiger partial charge in [0.15, 0.2) is 0 Å². The van der Waals surface area contributed by atoms with E-state index < -0.39 is 10.8 Å². The van der Waals surface area contributed by atoms with E-state index in [1.165, 1.54) is 12.1 Å². The average molecular weight is 294 g/mol. The van der Waals surface area contributed by atoms with E-state index in [0.717, 1.165) is 0 Å². The Morgan fingerprint density at radius 1 is 1.43 bits per heavy atom. The third-order valence-electron chi connectivity index (χ3n) is 3.89. The zero-order valence-corrected chi connectivity index (χ0v) is 12.8. The molecule has 0 atom stereocenters. The molecule has 0 aliphatic rings. The van der Waals surface area contributed by atoms with Gasteiger partial charge < -0.3 is 10.7 Å². The van der Waals surface area contributed by atoms with Crippen molar-refractivity contribution in [3.05, 3.63) is 33.9 Å². The molecule has 7 heteroatoms. The van der Waals surface area contributed by atoms with Crippen LogP contribution < -0.4 is 16.6 Å². The van der Waals surface area contributed by atoms with Crippen molar-refractivity contribution in [3.63, 3.8) is 0 Å². The van der Waals surface area contributed by atoms with Crippen molar-refractivity contribution < 1.29 is 9.72 Å². The molecule has 0 fully saturated rings. The number of rotatable bonds is 6. The van der Waals surface area contributed by atoms with Crippen LogP contribution in [0.15, 0.2) is 18.2 Å². The van der Waals surface area contributed by atoms with Crippen LogP contribution in [0.4, 0.5) is 11.4 Å². The standard InChI is InChI=1S/C14H22N4O3/c1-9(2)14(3,4)8-16-13(19)10-6-5-7-11(17-15)12(10)18(20)21/h5-7,9,17H,8,15H2,1-4H3,(H,16,19). The first kappa shape index (κ1) is 16.9. The molecule has 0 spiro atoms. The molecule has 4 N–H and O–H groups in total. The Kier molecular flexibility index (Phi) is 5.26. The van der Waals surface area contributed by atoms with E-state index in [1.54, 1.807) is 6.07 Å². The van der Waals surface area contributed by atoms with Gasteiger partial charge in [-0.1, -0.05) is 33.8 Å². The highest BCUT2D eigenvalue weighted by Gasteiger charge is 2.27. The second-order valence-corrected chi connectivity index (χ2v) is 5.93. The van der Waals surface area contributed by atoms with Crippen molar-refractivity contribution in [2.45, 2.75) is 27.7 Å². The number of nitrogens with two attached hydrogens (primary N) is 1. The topological polar surface area (TPSA) is 110 Å². The largest absolute Gasteiger partial charge is 0.351 e. The van der Waals surface area contributed by atoms with E-state index >= 15 is 0 Å². The molecular formula is C14H22N4O3. The quantitative estimate of drug-likeness (QED) is 0.423. The van der Waals surface area contributed by atoms with Crippen LogP contribution in [0.25, 0.3) is 0 Å². The molecule has 0 aromatic heterocycles. The van der Waals surface area contributed by atoms with Gasteiger partial charge in [0.1, 0.15) is 11.3 Å². The van der Waals surface area contributed by atoms with Gasteiger partial charge in [0.05, 0.1) is 4.92 Å². The minimum Gasteiger partial charge on any atom is -0.351 e. The summed E-state index contributed by atoms with van der Waals surface area (Å²) in [6, 6.07) is 4.41. The summed E-state index contributed by atoms with van der Waals surface area (Å²) in [7, 11) is 0. The maximum Gasteiger partial charge on any atom is 0.306 e. The molecule has 116 valence electrons. The lowest BCUT2D eigenvalue weighted by Gasteiger charge is -2.29. The zero-order chi connectivity index (χ0) is 16.2. The monoisotopic (exact) mass is 294 g/mol. The Balaban J connectivity index is 3.01. The van der Waals surface area contributed by atoms with Crippen molar-refractivity contribution >= 4 is 17.3 Å². The third-order valence-corrected chi connectivity index (χ3v) is 3.89. The number of hydrazine groups is 1. The van der Waals surface area contributed by atoms with Gasteiger partial charge in [-0.3, -0.25) is 20.8 Å². The average Bonchev–Trinajstić information content (AvgIpc) is 2.43.